The SMILES string of the molecule is Cc1cccc(NC(=O)CSC2=C(C#N)[C@@H](c3ccccc3)CC(=O)N2)c1C. The summed E-state index contributed by atoms with van der Waals surface area (Å²) in [6, 6.07) is 17.5. The van der Waals surface area contributed by atoms with Gasteiger partial charge in [-0.15, -0.1) is 0 Å². The van der Waals surface area contributed by atoms with Gasteiger partial charge in [-0.05, 0) is 36.6 Å². The van der Waals surface area contributed by atoms with Gasteiger partial charge in [0.1, 0.15) is 0 Å². The topological polar surface area (TPSA) is 82.0 Å². The monoisotopic (exact) mass is 391 g/mol. The molecule has 5 nitrogen and oxygen atoms in total. The van der Waals surface area contributed by atoms with Crippen molar-refractivity contribution < 1.29 is 9.59 Å². The van der Waals surface area contributed by atoms with Crippen LogP contribution in [-0.2, 0) is 9.59 Å². The molecule has 1 atom stereocenters. The summed E-state index contributed by atoms with van der Waals surface area (Å²) >= 11 is 1.18. The highest BCUT2D eigenvalue weighted by Gasteiger charge is 2.29. The number of hydrogen-bond donors (Lipinski definition) is 2. The second-order valence-corrected chi connectivity index (χ2v) is 7.64. The fourth-order valence-electron chi connectivity index (χ4n) is 3.11. The van der Waals surface area contributed by atoms with Crippen LogP contribution in [0, 0.1) is 25.2 Å². The predicted octanol–water partition coefficient (Wildman–Crippen LogP) is 4.01. The Morgan fingerprint density at radius 1 is 1.21 bits per heavy atom. The number of hydrogen-bond acceptors (Lipinski definition) is 4. The lowest BCUT2D eigenvalue weighted by Crippen LogP contribution is -2.31. The number of anilines is 1. The first-order chi connectivity index (χ1) is 13.5. The Labute approximate surface area is 168 Å². The first-order valence-corrected chi connectivity index (χ1v) is 9.96. The highest BCUT2D eigenvalue weighted by Crippen LogP contribution is 2.35. The summed E-state index contributed by atoms with van der Waals surface area (Å²) in [5.74, 6) is -0.509. The Morgan fingerprint density at radius 2 is 1.96 bits per heavy atom. The Balaban J connectivity index is 1.75. The van der Waals surface area contributed by atoms with Gasteiger partial charge in [0.05, 0.1) is 22.4 Å². The number of rotatable bonds is 5. The molecule has 1 aliphatic rings. The molecule has 3 rings (SSSR count). The summed E-state index contributed by atoms with van der Waals surface area (Å²) < 4.78 is 0. The minimum atomic E-state index is -0.287. The van der Waals surface area contributed by atoms with Crippen LogP contribution in [0.4, 0.5) is 5.69 Å². The van der Waals surface area contributed by atoms with Crippen LogP contribution in [0.1, 0.15) is 29.0 Å². The van der Waals surface area contributed by atoms with Crippen molar-refractivity contribution in [2.75, 3.05) is 11.1 Å². The van der Waals surface area contributed by atoms with E-state index in [1.54, 1.807) is 0 Å². The quantitative estimate of drug-likeness (QED) is 0.807. The van der Waals surface area contributed by atoms with E-state index >= 15 is 0 Å². The van der Waals surface area contributed by atoms with Crippen LogP contribution in [0.25, 0.3) is 0 Å². The maximum Gasteiger partial charge on any atom is 0.234 e. The van der Waals surface area contributed by atoms with Crippen molar-refractivity contribution in [1.29, 1.82) is 5.26 Å². The Morgan fingerprint density at radius 3 is 2.68 bits per heavy atom. The normalized spacial score (nSPS) is 16.3. The molecule has 0 bridgehead atoms. The summed E-state index contributed by atoms with van der Waals surface area (Å²) in [6.07, 6.45) is 0.228. The van der Waals surface area contributed by atoms with Crippen LogP contribution in [-0.4, -0.2) is 17.6 Å². The van der Waals surface area contributed by atoms with Crippen molar-refractivity contribution in [1.82, 2.24) is 5.32 Å². The molecule has 0 aromatic heterocycles. The zero-order chi connectivity index (χ0) is 20.1. The molecule has 0 fully saturated rings. The lowest BCUT2D eigenvalue weighted by Gasteiger charge is -2.25. The van der Waals surface area contributed by atoms with E-state index in [-0.39, 0.29) is 29.9 Å². The van der Waals surface area contributed by atoms with Crippen molar-refractivity contribution in [3.05, 3.63) is 75.8 Å². The lowest BCUT2D eigenvalue weighted by atomic mass is 9.87. The van der Waals surface area contributed by atoms with E-state index in [2.05, 4.69) is 16.7 Å². The number of nitrogens with one attached hydrogen (secondary N) is 2. The molecule has 142 valence electrons. The van der Waals surface area contributed by atoms with Crippen LogP contribution in [0.2, 0.25) is 0 Å². The van der Waals surface area contributed by atoms with Gasteiger partial charge in [0, 0.05) is 18.0 Å². The molecular formula is C22H21N3O2S. The minimum Gasteiger partial charge on any atom is -0.325 e. The van der Waals surface area contributed by atoms with Gasteiger partial charge in [0.25, 0.3) is 0 Å². The smallest absolute Gasteiger partial charge is 0.234 e. The van der Waals surface area contributed by atoms with E-state index in [9.17, 15) is 14.9 Å². The van der Waals surface area contributed by atoms with Gasteiger partial charge in [-0.2, -0.15) is 5.26 Å². The van der Waals surface area contributed by atoms with Crippen molar-refractivity contribution in [2.24, 2.45) is 0 Å². The molecule has 2 amide bonds. The number of aryl methyl sites for hydroxylation is 1. The molecule has 0 unspecified atom stereocenters. The van der Waals surface area contributed by atoms with Gasteiger partial charge in [-0.3, -0.25) is 9.59 Å². The molecular weight excluding hydrogens is 370 g/mol. The van der Waals surface area contributed by atoms with Crippen LogP contribution in [0.15, 0.2) is 59.1 Å². The molecule has 0 spiro atoms. The fraction of sp³-hybridized carbons (Fsp3) is 0.227. The number of carbonyl (C=O) groups excluding carboxylic acids is 2. The van der Waals surface area contributed by atoms with Gasteiger partial charge in [-0.1, -0.05) is 54.2 Å². The standard InChI is InChI=1S/C22H21N3O2S/c1-14-7-6-10-19(15(14)2)24-21(27)13-28-22-18(12-23)17(11-20(26)25-22)16-8-4-3-5-9-16/h3-10,17H,11,13H2,1-2H3,(H,24,27)(H,25,26)/t17-/m1/s1. The Hall–Kier alpha value is -3.04. The molecule has 2 aromatic carbocycles. The number of benzene rings is 2. The average molecular weight is 391 g/mol. The first-order valence-electron chi connectivity index (χ1n) is 8.97. The predicted molar refractivity (Wildman–Crippen MR) is 112 cm³/mol. The van der Waals surface area contributed by atoms with Gasteiger partial charge in [0.15, 0.2) is 0 Å². The number of nitriles is 1. The van der Waals surface area contributed by atoms with Gasteiger partial charge in [-0.25, -0.2) is 0 Å². The maximum absolute atomic E-state index is 12.4. The first kappa shape index (κ1) is 19.7. The summed E-state index contributed by atoms with van der Waals surface area (Å²) in [5, 5.41) is 15.8. The summed E-state index contributed by atoms with van der Waals surface area (Å²) in [4.78, 5) is 24.6. The highest BCUT2D eigenvalue weighted by molar-refractivity contribution is 8.03. The van der Waals surface area contributed by atoms with Crippen LogP contribution >= 0.6 is 11.8 Å². The van der Waals surface area contributed by atoms with Crippen LogP contribution in [0.3, 0.4) is 0 Å². The molecule has 0 aliphatic carbocycles. The number of allylic oxidation sites excluding steroid dienone is 1. The molecule has 28 heavy (non-hydrogen) atoms. The molecule has 1 heterocycles. The molecule has 2 aromatic rings. The molecule has 0 saturated carbocycles. The van der Waals surface area contributed by atoms with E-state index in [4.69, 9.17) is 0 Å². The molecule has 1 aliphatic heterocycles. The van der Waals surface area contributed by atoms with E-state index in [0.717, 1.165) is 22.4 Å². The van der Waals surface area contributed by atoms with Gasteiger partial charge >= 0.3 is 0 Å². The second kappa shape index (κ2) is 8.77. The molecule has 0 radical (unpaired) electrons. The third-order valence-corrected chi connectivity index (χ3v) is 5.80. The van der Waals surface area contributed by atoms with Crippen molar-refractivity contribution in [2.45, 2.75) is 26.2 Å². The van der Waals surface area contributed by atoms with E-state index in [0.29, 0.717) is 10.6 Å². The summed E-state index contributed by atoms with van der Waals surface area (Å²) in [5.41, 5.74) is 4.31. The third kappa shape index (κ3) is 4.44. The van der Waals surface area contributed by atoms with Crippen LogP contribution in [0.5, 0.6) is 0 Å². The number of nitrogens with zero attached hydrogens (tertiary/aromatic N) is 1. The maximum atomic E-state index is 12.4. The third-order valence-electron chi connectivity index (χ3n) is 4.78. The Kier molecular flexibility index (Phi) is 6.17. The Bertz CT molecular complexity index is 977. The van der Waals surface area contributed by atoms with Crippen molar-refractivity contribution in [3.8, 4) is 6.07 Å². The highest BCUT2D eigenvalue weighted by atomic mass is 32.2. The number of amides is 2. The largest absolute Gasteiger partial charge is 0.325 e. The lowest BCUT2D eigenvalue weighted by molar-refractivity contribution is -0.121. The summed E-state index contributed by atoms with van der Waals surface area (Å²) in [6.45, 7) is 3.95. The number of carbonyl (C=O) groups is 2. The second-order valence-electron chi connectivity index (χ2n) is 6.65. The van der Waals surface area contributed by atoms with Gasteiger partial charge in [0.2, 0.25) is 11.8 Å². The molecule has 0 saturated heterocycles. The van der Waals surface area contributed by atoms with Gasteiger partial charge < -0.3 is 10.6 Å². The molecule has 6 heteroatoms. The number of thioether (sulfide) groups is 1. The van der Waals surface area contributed by atoms with E-state index in [1.165, 1.54) is 11.8 Å². The minimum absolute atomic E-state index is 0.107. The van der Waals surface area contributed by atoms with Crippen molar-refractivity contribution >= 4 is 29.3 Å². The van der Waals surface area contributed by atoms with E-state index < -0.39 is 0 Å². The fourth-order valence-corrected chi connectivity index (χ4v) is 3.99. The molecule has 2 N–H and O–H groups in total. The zero-order valence-corrected chi connectivity index (χ0v) is 16.6. The van der Waals surface area contributed by atoms with Crippen LogP contribution < -0.4 is 10.6 Å². The zero-order valence-electron chi connectivity index (χ0n) is 15.8. The summed E-state index contributed by atoms with van der Waals surface area (Å²) in [7, 11) is 0. The van der Waals surface area contributed by atoms with Crippen molar-refractivity contribution in [3.63, 3.8) is 0 Å². The average Bonchev–Trinajstić information content (AvgIpc) is 2.70. The van der Waals surface area contributed by atoms with E-state index in [1.807, 2.05) is 62.4 Å².